The zero-order chi connectivity index (χ0) is 19.7. The number of hydrogen-bond donors (Lipinski definition) is 4. The molecule has 0 spiro atoms. The fraction of sp³-hybridized carbons (Fsp3) is 0.176. The largest absolute Gasteiger partial charge is 0.421 e. The average molecular weight is 389 g/mol. The number of H-pyrrole nitrogens is 1. The minimum Gasteiger partial charge on any atom is -0.362 e. The molecule has 144 valence electrons. The lowest BCUT2D eigenvalue weighted by Gasteiger charge is -2.14. The predicted octanol–water partition coefficient (Wildman–Crippen LogP) is 3.07. The number of halogens is 3. The molecule has 0 saturated carbocycles. The summed E-state index contributed by atoms with van der Waals surface area (Å²) in [7, 11) is 0. The van der Waals surface area contributed by atoms with Gasteiger partial charge in [0, 0.05) is 30.0 Å². The Bertz CT molecular complexity index is 1020. The number of aromatic amines is 1. The molecule has 0 unspecified atom stereocenters. The van der Waals surface area contributed by atoms with E-state index in [4.69, 9.17) is 0 Å². The number of benzene rings is 1. The maximum atomic E-state index is 13.3. The van der Waals surface area contributed by atoms with Crippen LogP contribution in [0.1, 0.15) is 17.0 Å². The van der Waals surface area contributed by atoms with Gasteiger partial charge in [-0.05, 0) is 23.8 Å². The number of hydrogen-bond acceptors (Lipinski definition) is 6. The standard InChI is InChI=1S/C17H14F3N7O/c18-17(19,20)11-7-24-16(27-15(11)23-8-13-21-3-4-22-13)25-10-1-2-12-9(5-10)6-14(28)26-12/h1-5,7H,6,8H2,(H,21,22)(H,26,28)(H2,23,24,25,27). The van der Waals surface area contributed by atoms with E-state index in [-0.39, 0.29) is 30.6 Å². The fourth-order valence-electron chi connectivity index (χ4n) is 2.78. The number of anilines is 4. The molecule has 8 nitrogen and oxygen atoms in total. The van der Waals surface area contributed by atoms with E-state index in [0.717, 1.165) is 11.8 Å². The minimum absolute atomic E-state index is 0.00724. The summed E-state index contributed by atoms with van der Waals surface area (Å²) in [4.78, 5) is 25.9. The molecular formula is C17H14F3N7O. The molecule has 0 atom stereocenters. The number of alkyl halides is 3. The number of imidazole rings is 1. The second-order valence-corrected chi connectivity index (χ2v) is 6.06. The third kappa shape index (κ3) is 3.72. The smallest absolute Gasteiger partial charge is 0.362 e. The van der Waals surface area contributed by atoms with Gasteiger partial charge >= 0.3 is 6.18 Å². The number of nitrogens with one attached hydrogen (secondary N) is 4. The van der Waals surface area contributed by atoms with E-state index in [0.29, 0.717) is 17.2 Å². The van der Waals surface area contributed by atoms with Gasteiger partial charge in [-0.25, -0.2) is 9.97 Å². The zero-order valence-corrected chi connectivity index (χ0v) is 14.3. The Morgan fingerprint density at radius 3 is 2.82 bits per heavy atom. The molecule has 4 N–H and O–H groups in total. The van der Waals surface area contributed by atoms with Crippen LogP contribution in [0.4, 0.5) is 36.3 Å². The Kier molecular flexibility index (Phi) is 4.34. The van der Waals surface area contributed by atoms with Crippen LogP contribution < -0.4 is 16.0 Å². The van der Waals surface area contributed by atoms with Crippen molar-refractivity contribution in [3.63, 3.8) is 0 Å². The average Bonchev–Trinajstić information content (AvgIpc) is 3.27. The summed E-state index contributed by atoms with van der Waals surface area (Å²) in [5.41, 5.74) is 1.09. The number of carbonyl (C=O) groups is 1. The van der Waals surface area contributed by atoms with Crippen molar-refractivity contribution in [1.29, 1.82) is 0 Å². The summed E-state index contributed by atoms with van der Waals surface area (Å²) in [5, 5.41) is 8.21. The molecule has 1 amide bonds. The Labute approximate surface area is 156 Å². The predicted molar refractivity (Wildman–Crippen MR) is 95.0 cm³/mol. The monoisotopic (exact) mass is 389 g/mol. The molecule has 4 rings (SSSR count). The zero-order valence-electron chi connectivity index (χ0n) is 14.3. The molecule has 28 heavy (non-hydrogen) atoms. The van der Waals surface area contributed by atoms with Gasteiger partial charge in [0.15, 0.2) is 0 Å². The van der Waals surface area contributed by atoms with Crippen LogP contribution in [-0.4, -0.2) is 25.8 Å². The van der Waals surface area contributed by atoms with Crippen LogP contribution in [0.2, 0.25) is 0 Å². The number of fused-ring (bicyclic) bond motifs is 1. The van der Waals surface area contributed by atoms with Gasteiger partial charge in [0.1, 0.15) is 17.2 Å². The first kappa shape index (κ1) is 17.8. The lowest BCUT2D eigenvalue weighted by Crippen LogP contribution is -2.14. The van der Waals surface area contributed by atoms with E-state index in [1.54, 1.807) is 24.4 Å². The van der Waals surface area contributed by atoms with Crippen molar-refractivity contribution in [2.45, 2.75) is 19.1 Å². The van der Waals surface area contributed by atoms with Gasteiger partial charge in [0.25, 0.3) is 0 Å². The maximum absolute atomic E-state index is 13.3. The second-order valence-electron chi connectivity index (χ2n) is 6.06. The molecule has 11 heteroatoms. The molecule has 3 aromatic rings. The van der Waals surface area contributed by atoms with Gasteiger partial charge in [-0.3, -0.25) is 4.79 Å². The molecule has 1 aromatic carbocycles. The van der Waals surface area contributed by atoms with Gasteiger partial charge in [0.05, 0.1) is 13.0 Å². The summed E-state index contributed by atoms with van der Waals surface area (Å²) in [6, 6.07) is 5.12. The molecule has 0 aliphatic carbocycles. The molecule has 0 bridgehead atoms. The van der Waals surface area contributed by atoms with Crippen molar-refractivity contribution < 1.29 is 18.0 Å². The first-order chi connectivity index (χ1) is 13.4. The van der Waals surface area contributed by atoms with Gasteiger partial charge < -0.3 is 20.9 Å². The summed E-state index contributed by atoms with van der Waals surface area (Å²) < 4.78 is 39.8. The summed E-state index contributed by atoms with van der Waals surface area (Å²) in [6.45, 7) is 0.0408. The number of rotatable bonds is 5. The summed E-state index contributed by atoms with van der Waals surface area (Å²) in [6.07, 6.45) is -0.569. The van der Waals surface area contributed by atoms with E-state index in [1.165, 1.54) is 6.20 Å². The van der Waals surface area contributed by atoms with E-state index < -0.39 is 11.7 Å². The van der Waals surface area contributed by atoms with E-state index in [1.807, 2.05) is 0 Å². The van der Waals surface area contributed by atoms with Gasteiger partial charge in [-0.1, -0.05) is 0 Å². The van der Waals surface area contributed by atoms with Crippen molar-refractivity contribution in [3.8, 4) is 0 Å². The highest BCUT2D eigenvalue weighted by atomic mass is 19.4. The van der Waals surface area contributed by atoms with Crippen molar-refractivity contribution in [1.82, 2.24) is 19.9 Å². The molecule has 2 aromatic heterocycles. The molecule has 1 aliphatic rings. The summed E-state index contributed by atoms with van der Waals surface area (Å²) in [5.74, 6) is -0.00837. The molecule has 0 fully saturated rings. The highest BCUT2D eigenvalue weighted by Crippen LogP contribution is 2.34. The molecule has 0 radical (unpaired) electrons. The fourth-order valence-corrected chi connectivity index (χ4v) is 2.78. The van der Waals surface area contributed by atoms with Crippen LogP contribution in [0.15, 0.2) is 36.8 Å². The molecule has 1 aliphatic heterocycles. The lowest BCUT2D eigenvalue weighted by atomic mass is 10.1. The van der Waals surface area contributed by atoms with E-state index in [9.17, 15) is 18.0 Å². The van der Waals surface area contributed by atoms with Crippen molar-refractivity contribution >= 4 is 29.0 Å². The Morgan fingerprint density at radius 2 is 2.07 bits per heavy atom. The van der Waals surface area contributed by atoms with Crippen LogP contribution >= 0.6 is 0 Å². The third-order valence-corrected chi connectivity index (χ3v) is 4.06. The number of nitrogens with zero attached hydrogens (tertiary/aromatic N) is 3. The van der Waals surface area contributed by atoms with Crippen LogP contribution in [0.5, 0.6) is 0 Å². The van der Waals surface area contributed by atoms with Crippen LogP contribution in [0.3, 0.4) is 0 Å². The molecule has 3 heterocycles. The first-order valence-electron chi connectivity index (χ1n) is 8.24. The molecular weight excluding hydrogens is 375 g/mol. The SMILES string of the molecule is O=C1Cc2cc(Nc3ncc(C(F)(F)F)c(NCc4ncc[nH]4)n3)ccc2N1. The Morgan fingerprint density at radius 1 is 1.21 bits per heavy atom. The lowest BCUT2D eigenvalue weighted by molar-refractivity contribution is -0.137. The second kappa shape index (κ2) is 6.83. The minimum atomic E-state index is -4.61. The number of amides is 1. The van der Waals surface area contributed by atoms with Gasteiger partial charge in [-0.15, -0.1) is 0 Å². The Hall–Kier alpha value is -3.63. The highest BCUT2D eigenvalue weighted by molar-refractivity contribution is 5.99. The third-order valence-electron chi connectivity index (χ3n) is 4.06. The normalized spacial score (nSPS) is 13.2. The van der Waals surface area contributed by atoms with Gasteiger partial charge in [-0.2, -0.15) is 18.2 Å². The van der Waals surface area contributed by atoms with Crippen LogP contribution in [-0.2, 0) is 23.9 Å². The van der Waals surface area contributed by atoms with Crippen molar-refractivity contribution in [3.05, 3.63) is 53.7 Å². The van der Waals surface area contributed by atoms with Crippen molar-refractivity contribution in [2.75, 3.05) is 16.0 Å². The number of carbonyl (C=O) groups excluding carboxylic acids is 1. The van der Waals surface area contributed by atoms with Crippen LogP contribution in [0, 0.1) is 0 Å². The quantitative estimate of drug-likeness (QED) is 0.534. The van der Waals surface area contributed by atoms with E-state index in [2.05, 4.69) is 35.9 Å². The highest BCUT2D eigenvalue weighted by Gasteiger charge is 2.35. The summed E-state index contributed by atoms with van der Waals surface area (Å²) >= 11 is 0. The number of aromatic nitrogens is 4. The Balaban J connectivity index is 1.58. The topological polar surface area (TPSA) is 108 Å². The van der Waals surface area contributed by atoms with Crippen molar-refractivity contribution in [2.24, 2.45) is 0 Å². The van der Waals surface area contributed by atoms with Gasteiger partial charge in [0.2, 0.25) is 11.9 Å². The maximum Gasteiger partial charge on any atom is 0.421 e. The first-order valence-corrected chi connectivity index (χ1v) is 8.24. The van der Waals surface area contributed by atoms with Crippen LogP contribution in [0.25, 0.3) is 0 Å². The van der Waals surface area contributed by atoms with E-state index >= 15 is 0 Å². The molecule has 0 saturated heterocycles.